The summed E-state index contributed by atoms with van der Waals surface area (Å²) in [5.41, 5.74) is 7.12. The highest BCUT2D eigenvalue weighted by Gasteiger charge is 2.06. The van der Waals surface area contributed by atoms with Gasteiger partial charge in [-0.1, -0.05) is 37.3 Å². The van der Waals surface area contributed by atoms with Gasteiger partial charge in [0, 0.05) is 6.20 Å². The fourth-order valence-corrected chi connectivity index (χ4v) is 1.63. The molecule has 92 valence electrons. The van der Waals surface area contributed by atoms with Gasteiger partial charge in [0.15, 0.2) is 0 Å². The molecule has 0 aliphatic carbocycles. The fourth-order valence-electron chi connectivity index (χ4n) is 1.52. The van der Waals surface area contributed by atoms with E-state index in [1.165, 1.54) is 0 Å². The van der Waals surface area contributed by atoms with Crippen molar-refractivity contribution in [3.8, 4) is 11.8 Å². The number of ether oxygens (including phenoxy) is 1. The number of nitrogens with two attached hydrogens (primary N) is 1. The van der Waals surface area contributed by atoms with E-state index < -0.39 is 0 Å². The van der Waals surface area contributed by atoms with Crippen LogP contribution in [0.1, 0.15) is 18.2 Å². The van der Waals surface area contributed by atoms with E-state index in [0.29, 0.717) is 5.69 Å². The summed E-state index contributed by atoms with van der Waals surface area (Å²) in [5.74, 6) is 0.750. The Morgan fingerprint density at radius 1 is 1.33 bits per heavy atom. The number of aryl methyl sites for hydroxylation is 1. The molecule has 2 rings (SSSR count). The minimum atomic E-state index is 0.228. The second kappa shape index (κ2) is 5.55. The zero-order valence-electron chi connectivity index (χ0n) is 9.96. The van der Waals surface area contributed by atoms with E-state index >= 15 is 0 Å². The van der Waals surface area contributed by atoms with E-state index in [4.69, 9.17) is 22.7 Å². The predicted octanol–water partition coefficient (Wildman–Crippen LogP) is 2.47. The Hall–Kier alpha value is -2.01. The molecule has 18 heavy (non-hydrogen) atoms. The Balaban J connectivity index is 2.28. The van der Waals surface area contributed by atoms with Crippen molar-refractivity contribution in [1.82, 2.24) is 9.97 Å². The number of nitrogens with zero attached hydrogens (tertiary/aromatic N) is 2. The number of benzene rings is 1. The average Bonchev–Trinajstić information content (AvgIpc) is 2.39. The van der Waals surface area contributed by atoms with Gasteiger partial charge >= 0.3 is 6.01 Å². The molecule has 0 bridgehead atoms. The van der Waals surface area contributed by atoms with Crippen LogP contribution in [0.15, 0.2) is 36.5 Å². The highest BCUT2D eigenvalue weighted by molar-refractivity contribution is 7.80. The van der Waals surface area contributed by atoms with Gasteiger partial charge in [0.25, 0.3) is 0 Å². The summed E-state index contributed by atoms with van der Waals surface area (Å²) in [6.07, 6.45) is 2.45. The van der Waals surface area contributed by atoms with Crippen molar-refractivity contribution in [1.29, 1.82) is 0 Å². The number of thiocarbonyl (C=S) groups is 1. The van der Waals surface area contributed by atoms with Gasteiger partial charge in [-0.2, -0.15) is 4.98 Å². The summed E-state index contributed by atoms with van der Waals surface area (Å²) < 4.78 is 5.65. The van der Waals surface area contributed by atoms with Crippen molar-refractivity contribution in [3.05, 3.63) is 47.8 Å². The van der Waals surface area contributed by atoms with E-state index in [2.05, 4.69) is 16.9 Å². The summed E-state index contributed by atoms with van der Waals surface area (Å²) in [6, 6.07) is 9.67. The van der Waals surface area contributed by atoms with E-state index in [1.54, 1.807) is 12.3 Å². The highest BCUT2D eigenvalue weighted by atomic mass is 32.1. The van der Waals surface area contributed by atoms with Crippen LogP contribution in [0, 0.1) is 0 Å². The zero-order valence-corrected chi connectivity index (χ0v) is 10.8. The molecule has 0 unspecified atom stereocenters. The molecule has 0 radical (unpaired) electrons. The van der Waals surface area contributed by atoms with Crippen molar-refractivity contribution < 1.29 is 4.74 Å². The monoisotopic (exact) mass is 259 g/mol. The first-order valence-corrected chi connectivity index (χ1v) is 6.00. The Bertz CT molecular complexity index is 572. The molecule has 2 N–H and O–H groups in total. The molecular formula is C13H13N3OS. The maximum Gasteiger partial charge on any atom is 0.322 e. The molecule has 0 fully saturated rings. The lowest BCUT2D eigenvalue weighted by molar-refractivity contribution is 0.436. The third-order valence-electron chi connectivity index (χ3n) is 2.44. The molecule has 1 heterocycles. The molecule has 0 spiro atoms. The number of aromatic nitrogens is 2. The quantitative estimate of drug-likeness (QED) is 0.855. The van der Waals surface area contributed by atoms with Gasteiger partial charge in [-0.3, -0.25) is 0 Å². The van der Waals surface area contributed by atoms with E-state index in [-0.39, 0.29) is 11.0 Å². The van der Waals surface area contributed by atoms with E-state index in [0.717, 1.165) is 17.7 Å². The van der Waals surface area contributed by atoms with Gasteiger partial charge < -0.3 is 10.5 Å². The Kier molecular flexibility index (Phi) is 3.84. The first-order valence-electron chi connectivity index (χ1n) is 5.59. The van der Waals surface area contributed by atoms with Crippen molar-refractivity contribution in [2.75, 3.05) is 0 Å². The molecule has 0 aliphatic rings. The molecule has 0 saturated carbocycles. The van der Waals surface area contributed by atoms with Crippen LogP contribution in [0.5, 0.6) is 11.8 Å². The van der Waals surface area contributed by atoms with Gasteiger partial charge in [0.2, 0.25) is 0 Å². The van der Waals surface area contributed by atoms with Gasteiger partial charge in [-0.05, 0) is 24.1 Å². The SMILES string of the molecule is CCc1ccccc1Oc1nccc(C(N)=S)n1. The van der Waals surface area contributed by atoms with Crippen LogP contribution < -0.4 is 10.5 Å². The second-order valence-electron chi connectivity index (χ2n) is 3.65. The predicted molar refractivity (Wildman–Crippen MR) is 73.8 cm³/mol. The Morgan fingerprint density at radius 3 is 2.83 bits per heavy atom. The number of hydrogen-bond acceptors (Lipinski definition) is 4. The maximum absolute atomic E-state index is 5.65. The van der Waals surface area contributed by atoms with E-state index in [9.17, 15) is 0 Å². The minimum Gasteiger partial charge on any atom is -0.424 e. The smallest absolute Gasteiger partial charge is 0.322 e. The van der Waals surface area contributed by atoms with Gasteiger partial charge in [-0.15, -0.1) is 0 Å². The lowest BCUT2D eigenvalue weighted by Gasteiger charge is -2.08. The maximum atomic E-state index is 5.65. The summed E-state index contributed by atoms with van der Waals surface area (Å²) in [5, 5.41) is 0. The molecule has 0 aliphatic heterocycles. The molecule has 0 amide bonds. The highest BCUT2D eigenvalue weighted by Crippen LogP contribution is 2.22. The number of rotatable bonds is 4. The van der Waals surface area contributed by atoms with Crippen LogP contribution in [-0.2, 0) is 6.42 Å². The summed E-state index contributed by atoms with van der Waals surface area (Å²) in [4.78, 5) is 8.42. The summed E-state index contributed by atoms with van der Waals surface area (Å²) in [6.45, 7) is 2.06. The Labute approximate surface area is 111 Å². The molecular weight excluding hydrogens is 246 g/mol. The molecule has 4 nitrogen and oxygen atoms in total. The normalized spacial score (nSPS) is 10.1. The van der Waals surface area contributed by atoms with Crippen LogP contribution in [-0.4, -0.2) is 15.0 Å². The topological polar surface area (TPSA) is 61.0 Å². The van der Waals surface area contributed by atoms with Crippen LogP contribution in [0.25, 0.3) is 0 Å². The first kappa shape index (κ1) is 12.4. The van der Waals surface area contributed by atoms with Crippen LogP contribution in [0.2, 0.25) is 0 Å². The minimum absolute atomic E-state index is 0.228. The van der Waals surface area contributed by atoms with Crippen LogP contribution in [0.3, 0.4) is 0 Å². The molecule has 0 atom stereocenters. The largest absolute Gasteiger partial charge is 0.424 e. The van der Waals surface area contributed by atoms with Crippen molar-refractivity contribution in [3.63, 3.8) is 0 Å². The van der Waals surface area contributed by atoms with E-state index in [1.807, 2.05) is 24.3 Å². The third kappa shape index (κ3) is 2.81. The average molecular weight is 259 g/mol. The molecule has 5 heteroatoms. The summed E-state index contributed by atoms with van der Waals surface area (Å²) in [7, 11) is 0. The third-order valence-corrected chi connectivity index (χ3v) is 2.65. The van der Waals surface area contributed by atoms with Crippen molar-refractivity contribution in [2.45, 2.75) is 13.3 Å². The molecule has 0 saturated heterocycles. The van der Waals surface area contributed by atoms with Gasteiger partial charge in [0.05, 0.1) is 0 Å². The lowest BCUT2D eigenvalue weighted by Crippen LogP contribution is -2.12. The van der Waals surface area contributed by atoms with Crippen LogP contribution in [0.4, 0.5) is 0 Å². The fraction of sp³-hybridized carbons (Fsp3) is 0.154. The second-order valence-corrected chi connectivity index (χ2v) is 4.09. The lowest BCUT2D eigenvalue weighted by atomic mass is 10.1. The first-order chi connectivity index (χ1) is 8.70. The zero-order chi connectivity index (χ0) is 13.0. The standard InChI is InChI=1S/C13H13N3OS/c1-2-9-5-3-4-6-11(9)17-13-15-8-7-10(16-13)12(14)18/h3-8H,2H2,1H3,(H2,14,18). The molecule has 2 aromatic rings. The number of para-hydroxylation sites is 1. The summed E-state index contributed by atoms with van der Waals surface area (Å²) >= 11 is 4.87. The van der Waals surface area contributed by atoms with Gasteiger partial charge in [0.1, 0.15) is 16.4 Å². The van der Waals surface area contributed by atoms with Crippen molar-refractivity contribution >= 4 is 17.2 Å². The van der Waals surface area contributed by atoms with Gasteiger partial charge in [-0.25, -0.2) is 4.98 Å². The van der Waals surface area contributed by atoms with Crippen molar-refractivity contribution in [2.24, 2.45) is 5.73 Å². The van der Waals surface area contributed by atoms with Crippen LogP contribution >= 0.6 is 12.2 Å². The molecule has 1 aromatic carbocycles. The Morgan fingerprint density at radius 2 is 2.11 bits per heavy atom. The number of hydrogen-bond donors (Lipinski definition) is 1. The molecule has 1 aromatic heterocycles.